The maximum atomic E-state index is 5.96. The van der Waals surface area contributed by atoms with Crippen molar-refractivity contribution in [2.45, 2.75) is 17.8 Å². The second kappa shape index (κ2) is 3.29. The van der Waals surface area contributed by atoms with E-state index in [0.29, 0.717) is 8.58 Å². The van der Waals surface area contributed by atoms with Crippen LogP contribution in [0.1, 0.15) is 11.7 Å². The molecule has 0 amide bonds. The van der Waals surface area contributed by atoms with Crippen molar-refractivity contribution in [1.82, 2.24) is 0 Å². The first kappa shape index (κ1) is 10.0. The van der Waals surface area contributed by atoms with Gasteiger partial charge in [0, 0.05) is 7.11 Å². The predicted molar refractivity (Wildman–Crippen MR) is 69.0 cm³/mol. The van der Waals surface area contributed by atoms with Crippen molar-refractivity contribution in [2.75, 3.05) is 7.11 Å². The zero-order valence-corrected chi connectivity index (χ0v) is 10.5. The van der Waals surface area contributed by atoms with E-state index in [9.17, 15) is 0 Å². The van der Waals surface area contributed by atoms with Gasteiger partial charge in [0.1, 0.15) is 12.2 Å². The van der Waals surface area contributed by atoms with E-state index in [4.69, 9.17) is 9.47 Å². The van der Waals surface area contributed by atoms with Gasteiger partial charge < -0.3 is 9.47 Å². The molecule has 3 aliphatic rings. The van der Waals surface area contributed by atoms with Crippen LogP contribution in [0.15, 0.2) is 47.8 Å². The summed E-state index contributed by atoms with van der Waals surface area (Å²) in [5, 5.41) is 2.77. The third-order valence-corrected chi connectivity index (χ3v) is 5.35. The Morgan fingerprint density at radius 2 is 2.24 bits per heavy atom. The van der Waals surface area contributed by atoms with Gasteiger partial charge in [-0.05, 0) is 16.2 Å². The molecule has 0 aromatic heterocycles. The maximum absolute atomic E-state index is 5.96. The minimum Gasteiger partial charge on any atom is -0.373 e. The van der Waals surface area contributed by atoms with Gasteiger partial charge in [0.05, 0.1) is 0 Å². The second-order valence-electron chi connectivity index (χ2n) is 4.62. The van der Waals surface area contributed by atoms with Crippen LogP contribution in [0.2, 0.25) is 0 Å². The molecule has 86 valence electrons. The first-order chi connectivity index (χ1) is 8.36. The van der Waals surface area contributed by atoms with E-state index in [2.05, 4.69) is 42.5 Å². The van der Waals surface area contributed by atoms with E-state index in [-0.39, 0.29) is 17.8 Å². The molecule has 0 radical (unpaired) electrons. The molecular formula is C14H13O2P. The fourth-order valence-corrected chi connectivity index (χ4v) is 4.50. The number of rotatable bonds is 1. The van der Waals surface area contributed by atoms with Crippen LogP contribution in [0.3, 0.4) is 0 Å². The fourth-order valence-electron chi connectivity index (χ4n) is 2.97. The van der Waals surface area contributed by atoms with Gasteiger partial charge >= 0.3 is 0 Å². The molecule has 2 aliphatic heterocycles. The molecule has 2 nitrogen and oxygen atoms in total. The van der Waals surface area contributed by atoms with Crippen molar-refractivity contribution in [3.05, 3.63) is 53.4 Å². The Morgan fingerprint density at radius 3 is 3.12 bits per heavy atom. The third-order valence-electron chi connectivity index (χ3n) is 3.79. The topological polar surface area (TPSA) is 21.8 Å². The number of epoxide rings is 1. The van der Waals surface area contributed by atoms with Gasteiger partial charge in [-0.15, -0.1) is 0 Å². The first-order valence-electron chi connectivity index (χ1n) is 5.82. The van der Waals surface area contributed by atoms with E-state index in [0.717, 1.165) is 0 Å². The summed E-state index contributed by atoms with van der Waals surface area (Å²) in [7, 11) is 2.49. The molecule has 1 aliphatic carbocycles. The highest BCUT2D eigenvalue weighted by molar-refractivity contribution is 7.52. The van der Waals surface area contributed by atoms with Crippen LogP contribution in [0.25, 0.3) is 0 Å². The van der Waals surface area contributed by atoms with Crippen LogP contribution in [-0.2, 0) is 9.47 Å². The molecular weight excluding hydrogens is 231 g/mol. The van der Waals surface area contributed by atoms with Crippen LogP contribution in [0.5, 0.6) is 0 Å². The summed E-state index contributed by atoms with van der Waals surface area (Å²) < 4.78 is 11.7. The monoisotopic (exact) mass is 244 g/mol. The highest BCUT2D eigenvalue weighted by Crippen LogP contribution is 2.62. The summed E-state index contributed by atoms with van der Waals surface area (Å²) in [4.78, 5) is 0. The van der Waals surface area contributed by atoms with E-state index < -0.39 is 0 Å². The van der Waals surface area contributed by atoms with Crippen molar-refractivity contribution in [1.29, 1.82) is 0 Å². The Hall–Kier alpha value is -0.950. The van der Waals surface area contributed by atoms with Crippen LogP contribution in [0, 0.1) is 0 Å². The van der Waals surface area contributed by atoms with Crippen molar-refractivity contribution in [2.24, 2.45) is 0 Å². The molecule has 3 heteroatoms. The molecule has 1 spiro atoms. The minimum absolute atomic E-state index is 0.0427. The van der Waals surface area contributed by atoms with E-state index >= 15 is 0 Å². The normalized spacial score (nSPS) is 38.1. The average Bonchev–Trinajstić information content (AvgIpc) is 3.09. The SMILES string of the molecule is COC1c2ccccc2PC2=CC=CC3OC231. The number of ether oxygens (including phenoxy) is 2. The Balaban J connectivity index is 1.92. The fraction of sp³-hybridized carbons (Fsp3) is 0.286. The summed E-state index contributed by atoms with van der Waals surface area (Å²) in [5.41, 5.74) is 1.11. The Morgan fingerprint density at radius 1 is 1.35 bits per heavy atom. The molecule has 1 saturated heterocycles. The highest BCUT2D eigenvalue weighted by Gasteiger charge is 2.66. The number of methoxy groups -OCH3 is 1. The van der Waals surface area contributed by atoms with Gasteiger partial charge in [0.15, 0.2) is 5.60 Å². The van der Waals surface area contributed by atoms with Crippen molar-refractivity contribution in [3.63, 3.8) is 0 Å². The number of hydrogen-bond acceptors (Lipinski definition) is 2. The highest BCUT2D eigenvalue weighted by atomic mass is 31.1. The minimum atomic E-state index is -0.184. The lowest BCUT2D eigenvalue weighted by molar-refractivity contribution is 0.0466. The standard InChI is InChI=1S/C14H13O2P/c1-15-13-9-5-2-3-6-10(9)17-12-8-4-7-11-14(12,13)16-11/h2-8,11,13,17H,1H3. The van der Waals surface area contributed by atoms with Crippen LogP contribution < -0.4 is 5.30 Å². The van der Waals surface area contributed by atoms with Crippen molar-refractivity contribution >= 4 is 13.9 Å². The molecule has 1 aromatic rings. The molecule has 2 heterocycles. The lowest BCUT2D eigenvalue weighted by Crippen LogP contribution is -2.35. The van der Waals surface area contributed by atoms with E-state index in [1.165, 1.54) is 16.2 Å². The van der Waals surface area contributed by atoms with Crippen molar-refractivity contribution < 1.29 is 9.47 Å². The van der Waals surface area contributed by atoms with Gasteiger partial charge in [0.25, 0.3) is 0 Å². The number of fused-ring (bicyclic) bond motifs is 1. The summed E-state index contributed by atoms with van der Waals surface area (Å²) in [5.74, 6) is 0. The zero-order chi connectivity index (χ0) is 11.5. The lowest BCUT2D eigenvalue weighted by atomic mass is 9.88. The van der Waals surface area contributed by atoms with Gasteiger partial charge in [-0.2, -0.15) is 0 Å². The average molecular weight is 244 g/mol. The number of allylic oxidation sites excluding steroid dienone is 2. The summed E-state index contributed by atoms with van der Waals surface area (Å²) in [6.45, 7) is 0. The summed E-state index contributed by atoms with van der Waals surface area (Å²) in [6, 6.07) is 8.54. The van der Waals surface area contributed by atoms with Gasteiger partial charge in [0.2, 0.25) is 0 Å². The molecule has 4 unspecified atom stereocenters. The van der Waals surface area contributed by atoms with E-state index in [1.807, 2.05) is 0 Å². The molecule has 4 rings (SSSR count). The molecule has 0 bridgehead atoms. The Kier molecular flexibility index (Phi) is 1.94. The molecule has 1 aromatic carbocycles. The largest absolute Gasteiger partial charge is 0.373 e. The molecule has 0 N–H and O–H groups in total. The van der Waals surface area contributed by atoms with Crippen LogP contribution in [0.4, 0.5) is 0 Å². The van der Waals surface area contributed by atoms with Gasteiger partial charge in [-0.25, -0.2) is 0 Å². The first-order valence-corrected chi connectivity index (χ1v) is 6.82. The smallest absolute Gasteiger partial charge is 0.154 e. The van der Waals surface area contributed by atoms with Gasteiger partial charge in [-0.1, -0.05) is 51.1 Å². The second-order valence-corrected chi connectivity index (χ2v) is 5.95. The lowest BCUT2D eigenvalue weighted by Gasteiger charge is -2.33. The predicted octanol–water partition coefficient (Wildman–Crippen LogP) is 2.28. The zero-order valence-electron chi connectivity index (χ0n) is 9.51. The van der Waals surface area contributed by atoms with Crippen LogP contribution in [-0.4, -0.2) is 18.8 Å². The summed E-state index contributed by atoms with van der Waals surface area (Å²) in [6.07, 6.45) is 6.70. The van der Waals surface area contributed by atoms with Crippen molar-refractivity contribution in [3.8, 4) is 0 Å². The molecule has 1 fully saturated rings. The summed E-state index contributed by atoms with van der Waals surface area (Å²) >= 11 is 0. The Labute approximate surface area is 102 Å². The number of hydrogen-bond donors (Lipinski definition) is 0. The van der Waals surface area contributed by atoms with Crippen LogP contribution >= 0.6 is 8.58 Å². The maximum Gasteiger partial charge on any atom is 0.154 e. The molecule has 17 heavy (non-hydrogen) atoms. The molecule has 0 saturated carbocycles. The number of benzene rings is 1. The third kappa shape index (κ3) is 1.16. The van der Waals surface area contributed by atoms with Gasteiger partial charge in [-0.3, -0.25) is 0 Å². The molecule has 4 atom stereocenters. The Bertz CT molecular complexity index is 549. The van der Waals surface area contributed by atoms with E-state index in [1.54, 1.807) is 7.11 Å². The quantitative estimate of drug-likeness (QED) is 0.558.